The highest BCUT2D eigenvalue weighted by molar-refractivity contribution is 5.58. The van der Waals surface area contributed by atoms with Crippen molar-refractivity contribution in [2.24, 2.45) is 0 Å². The third-order valence-corrected chi connectivity index (χ3v) is 3.05. The highest BCUT2D eigenvalue weighted by Crippen LogP contribution is 2.28. The quantitative estimate of drug-likeness (QED) is 0.811. The molecule has 2 heterocycles. The van der Waals surface area contributed by atoms with Crippen LogP contribution in [-0.2, 0) is 6.42 Å². The highest BCUT2D eigenvalue weighted by atomic mass is 16.3. The van der Waals surface area contributed by atoms with Crippen molar-refractivity contribution >= 4 is 11.6 Å². The lowest BCUT2D eigenvalue weighted by molar-refractivity contribution is 0.513. The number of rotatable bonds is 7. The maximum absolute atomic E-state index is 5.33. The van der Waals surface area contributed by atoms with Gasteiger partial charge in [-0.2, -0.15) is 0 Å². The summed E-state index contributed by atoms with van der Waals surface area (Å²) in [5.41, 5.74) is 1.13. The van der Waals surface area contributed by atoms with E-state index in [0.717, 1.165) is 42.5 Å². The van der Waals surface area contributed by atoms with Gasteiger partial charge in [-0.15, -0.1) is 0 Å². The van der Waals surface area contributed by atoms with E-state index < -0.39 is 0 Å². The lowest BCUT2D eigenvalue weighted by Crippen LogP contribution is -2.13. The first-order valence-electron chi connectivity index (χ1n) is 7.07. The van der Waals surface area contributed by atoms with Gasteiger partial charge in [0.1, 0.15) is 23.7 Å². The van der Waals surface area contributed by atoms with Gasteiger partial charge >= 0.3 is 0 Å². The summed E-state index contributed by atoms with van der Waals surface area (Å²) in [6.45, 7) is 8.00. The Kier molecular flexibility index (Phi) is 4.98. The fraction of sp³-hybridized carbons (Fsp3) is 0.467. The van der Waals surface area contributed by atoms with E-state index in [-0.39, 0.29) is 0 Å². The molecule has 0 amide bonds. The van der Waals surface area contributed by atoms with Crippen LogP contribution in [-0.4, -0.2) is 23.1 Å². The van der Waals surface area contributed by atoms with Crippen molar-refractivity contribution in [1.82, 2.24) is 9.97 Å². The van der Waals surface area contributed by atoms with Crippen LogP contribution in [0, 0.1) is 0 Å². The molecule has 5 heteroatoms. The van der Waals surface area contributed by atoms with Crippen LogP contribution in [0.4, 0.5) is 11.6 Å². The van der Waals surface area contributed by atoms with Crippen LogP contribution in [0.1, 0.15) is 38.0 Å². The molecule has 0 aromatic carbocycles. The summed E-state index contributed by atoms with van der Waals surface area (Å²) in [5, 5.41) is 6.67. The first-order valence-corrected chi connectivity index (χ1v) is 7.07. The van der Waals surface area contributed by atoms with E-state index in [4.69, 9.17) is 4.42 Å². The minimum atomic E-state index is 0.358. The smallest absolute Gasteiger partial charge is 0.135 e. The van der Waals surface area contributed by atoms with Gasteiger partial charge in [0.2, 0.25) is 0 Å². The zero-order valence-electron chi connectivity index (χ0n) is 12.3. The molecular weight excluding hydrogens is 252 g/mol. The average Bonchev–Trinajstić information content (AvgIpc) is 2.92. The Hall–Kier alpha value is -2.04. The van der Waals surface area contributed by atoms with Crippen LogP contribution in [0.15, 0.2) is 29.1 Å². The molecule has 0 aliphatic rings. The number of aromatic nitrogens is 2. The molecule has 0 spiro atoms. The summed E-state index contributed by atoms with van der Waals surface area (Å²) < 4.78 is 5.33. The Morgan fingerprint density at radius 2 is 1.95 bits per heavy atom. The van der Waals surface area contributed by atoms with Crippen LogP contribution in [0.3, 0.4) is 0 Å². The van der Waals surface area contributed by atoms with Crippen molar-refractivity contribution in [1.29, 1.82) is 0 Å². The Morgan fingerprint density at radius 3 is 2.55 bits per heavy atom. The summed E-state index contributed by atoms with van der Waals surface area (Å²) in [6, 6.07) is 3.89. The largest absolute Gasteiger partial charge is 0.469 e. The molecule has 0 radical (unpaired) electrons. The molecule has 2 rings (SSSR count). The lowest BCUT2D eigenvalue weighted by atomic mass is 10.0. The Labute approximate surface area is 119 Å². The first-order chi connectivity index (χ1) is 9.72. The van der Waals surface area contributed by atoms with E-state index in [1.165, 1.54) is 0 Å². The normalized spacial score (nSPS) is 10.8. The summed E-state index contributed by atoms with van der Waals surface area (Å²) in [4.78, 5) is 8.70. The summed E-state index contributed by atoms with van der Waals surface area (Å²) in [6.07, 6.45) is 4.13. The van der Waals surface area contributed by atoms with Gasteiger partial charge < -0.3 is 15.1 Å². The number of nitrogens with zero attached hydrogens (tertiary/aromatic N) is 2. The third kappa shape index (κ3) is 3.50. The summed E-state index contributed by atoms with van der Waals surface area (Å²) >= 11 is 0. The third-order valence-electron chi connectivity index (χ3n) is 3.05. The summed E-state index contributed by atoms with van der Waals surface area (Å²) in [5.74, 6) is 3.15. The number of furan rings is 1. The zero-order valence-corrected chi connectivity index (χ0v) is 12.3. The minimum Gasteiger partial charge on any atom is -0.469 e. The lowest BCUT2D eigenvalue weighted by Gasteiger charge is -2.17. The molecular formula is C15H22N4O. The molecule has 108 valence electrons. The van der Waals surface area contributed by atoms with E-state index in [9.17, 15) is 0 Å². The van der Waals surface area contributed by atoms with Crippen LogP contribution in [0.5, 0.6) is 0 Å². The van der Waals surface area contributed by atoms with Gasteiger partial charge in [-0.1, -0.05) is 13.8 Å². The van der Waals surface area contributed by atoms with Gasteiger partial charge in [0, 0.05) is 25.1 Å². The van der Waals surface area contributed by atoms with Gasteiger partial charge in [-0.05, 0) is 25.0 Å². The predicted molar refractivity (Wildman–Crippen MR) is 81.2 cm³/mol. The van der Waals surface area contributed by atoms with Crippen LogP contribution >= 0.6 is 0 Å². The van der Waals surface area contributed by atoms with Crippen molar-refractivity contribution in [2.75, 3.05) is 23.7 Å². The van der Waals surface area contributed by atoms with Gasteiger partial charge in [0.15, 0.2) is 0 Å². The van der Waals surface area contributed by atoms with Crippen molar-refractivity contribution < 1.29 is 4.42 Å². The molecule has 5 nitrogen and oxygen atoms in total. The fourth-order valence-corrected chi connectivity index (χ4v) is 2.15. The molecule has 0 atom stereocenters. The van der Waals surface area contributed by atoms with E-state index in [1.807, 2.05) is 12.1 Å². The fourth-order valence-electron chi connectivity index (χ4n) is 2.15. The molecule has 2 aromatic rings. The molecule has 0 saturated carbocycles. The second-order valence-corrected chi connectivity index (χ2v) is 4.93. The Balaban J connectivity index is 2.07. The second-order valence-electron chi connectivity index (χ2n) is 4.93. The Morgan fingerprint density at radius 1 is 1.20 bits per heavy atom. The molecule has 0 aliphatic carbocycles. The maximum Gasteiger partial charge on any atom is 0.135 e. The second kappa shape index (κ2) is 6.93. The monoisotopic (exact) mass is 274 g/mol. The SMILES string of the molecule is CCNc1ncnc(NCCc2ccco2)c1C(C)C. The van der Waals surface area contributed by atoms with E-state index >= 15 is 0 Å². The minimum absolute atomic E-state index is 0.358. The van der Waals surface area contributed by atoms with E-state index in [0.29, 0.717) is 5.92 Å². The van der Waals surface area contributed by atoms with Crippen molar-refractivity contribution in [2.45, 2.75) is 33.1 Å². The van der Waals surface area contributed by atoms with Crippen LogP contribution < -0.4 is 10.6 Å². The zero-order chi connectivity index (χ0) is 14.4. The number of hydrogen-bond acceptors (Lipinski definition) is 5. The molecule has 2 N–H and O–H groups in total. The standard InChI is InChI=1S/C15H22N4O/c1-4-16-14-13(11(2)3)15(19-10-18-14)17-8-7-12-6-5-9-20-12/h5-6,9-11H,4,7-8H2,1-3H3,(H2,16,17,18,19). The van der Waals surface area contributed by atoms with E-state index in [2.05, 4.69) is 41.4 Å². The van der Waals surface area contributed by atoms with Crippen molar-refractivity contribution in [3.8, 4) is 0 Å². The molecule has 0 bridgehead atoms. The number of nitrogens with one attached hydrogen (secondary N) is 2. The van der Waals surface area contributed by atoms with Gasteiger partial charge in [0.05, 0.1) is 6.26 Å². The molecule has 0 fully saturated rings. The van der Waals surface area contributed by atoms with Gasteiger partial charge in [-0.3, -0.25) is 0 Å². The molecule has 0 aliphatic heterocycles. The van der Waals surface area contributed by atoms with Crippen LogP contribution in [0.25, 0.3) is 0 Å². The average molecular weight is 274 g/mol. The molecule has 0 unspecified atom stereocenters. The highest BCUT2D eigenvalue weighted by Gasteiger charge is 2.14. The van der Waals surface area contributed by atoms with E-state index in [1.54, 1.807) is 12.6 Å². The molecule has 2 aromatic heterocycles. The number of anilines is 2. The maximum atomic E-state index is 5.33. The summed E-state index contributed by atoms with van der Waals surface area (Å²) in [7, 11) is 0. The van der Waals surface area contributed by atoms with Crippen LogP contribution in [0.2, 0.25) is 0 Å². The van der Waals surface area contributed by atoms with Crippen molar-refractivity contribution in [3.63, 3.8) is 0 Å². The Bertz CT molecular complexity index is 523. The molecule has 20 heavy (non-hydrogen) atoms. The van der Waals surface area contributed by atoms with Gasteiger partial charge in [-0.25, -0.2) is 9.97 Å². The number of hydrogen-bond donors (Lipinski definition) is 2. The molecule has 0 saturated heterocycles. The van der Waals surface area contributed by atoms with Crippen molar-refractivity contribution in [3.05, 3.63) is 36.0 Å². The first kappa shape index (κ1) is 14.4. The van der Waals surface area contributed by atoms with Gasteiger partial charge in [0.25, 0.3) is 0 Å². The predicted octanol–water partition coefficient (Wildman–Crippen LogP) is 3.28. The topological polar surface area (TPSA) is 63.0 Å².